The summed E-state index contributed by atoms with van der Waals surface area (Å²) in [6.07, 6.45) is 12.7. The van der Waals surface area contributed by atoms with Gasteiger partial charge >= 0.3 is 11.9 Å². The highest BCUT2D eigenvalue weighted by Gasteiger charge is 2.42. The monoisotopic (exact) mass is 410 g/mol. The summed E-state index contributed by atoms with van der Waals surface area (Å²) < 4.78 is 5.55. The molecular formula is C23H38O6. The van der Waals surface area contributed by atoms with Crippen LogP contribution in [0.2, 0.25) is 0 Å². The second kappa shape index (κ2) is 14.3. The second-order valence-corrected chi connectivity index (χ2v) is 7.87. The first-order chi connectivity index (χ1) is 13.9. The Bertz CT molecular complexity index is 541. The summed E-state index contributed by atoms with van der Waals surface area (Å²) in [6, 6.07) is 0. The molecule has 29 heavy (non-hydrogen) atoms. The number of carboxylic acid groups (broad SMARTS) is 1. The summed E-state index contributed by atoms with van der Waals surface area (Å²) in [6.45, 7) is 3.86. The maximum atomic E-state index is 11.8. The number of aliphatic carboxylic acids is 1. The molecule has 0 aromatic carbocycles. The van der Waals surface area contributed by atoms with E-state index in [1.807, 2.05) is 18.2 Å². The fourth-order valence-electron chi connectivity index (χ4n) is 3.76. The number of carbonyl (C=O) groups excluding carboxylic acids is 1. The molecule has 3 N–H and O–H groups in total. The Labute approximate surface area is 174 Å². The minimum absolute atomic E-state index is 0.0977. The van der Waals surface area contributed by atoms with Crippen molar-refractivity contribution >= 4 is 11.9 Å². The zero-order valence-corrected chi connectivity index (χ0v) is 17.8. The number of hydrogen-bond acceptors (Lipinski definition) is 5. The van der Waals surface area contributed by atoms with Gasteiger partial charge in [0.25, 0.3) is 0 Å². The molecule has 0 aromatic heterocycles. The topological polar surface area (TPSA) is 104 Å². The smallest absolute Gasteiger partial charge is 0.305 e. The maximum absolute atomic E-state index is 11.8. The third-order valence-electron chi connectivity index (χ3n) is 5.46. The molecule has 0 heterocycles. The highest BCUT2D eigenvalue weighted by atomic mass is 16.5. The summed E-state index contributed by atoms with van der Waals surface area (Å²) >= 11 is 0. The first-order valence-electron chi connectivity index (χ1n) is 11.0. The predicted octanol–water partition coefficient (Wildman–Crippen LogP) is 4.00. The van der Waals surface area contributed by atoms with E-state index in [0.717, 1.165) is 19.3 Å². The highest BCUT2D eigenvalue weighted by Crippen LogP contribution is 2.38. The minimum Gasteiger partial charge on any atom is -0.481 e. The van der Waals surface area contributed by atoms with E-state index in [0.29, 0.717) is 32.1 Å². The van der Waals surface area contributed by atoms with Gasteiger partial charge in [-0.3, -0.25) is 9.59 Å². The molecule has 1 rings (SSSR count). The van der Waals surface area contributed by atoms with Crippen LogP contribution in [0.15, 0.2) is 24.3 Å². The highest BCUT2D eigenvalue weighted by molar-refractivity contribution is 5.69. The molecule has 1 fully saturated rings. The molecule has 1 aliphatic rings. The molecule has 0 aliphatic heterocycles. The van der Waals surface area contributed by atoms with Gasteiger partial charge in [-0.25, -0.2) is 0 Å². The third-order valence-corrected chi connectivity index (χ3v) is 5.46. The van der Waals surface area contributed by atoms with Gasteiger partial charge in [-0.15, -0.1) is 0 Å². The Balaban J connectivity index is 2.72. The first kappa shape index (κ1) is 25.4. The van der Waals surface area contributed by atoms with Crippen molar-refractivity contribution in [3.8, 4) is 0 Å². The number of allylic oxidation sites excluding steroid dienone is 2. The second-order valence-electron chi connectivity index (χ2n) is 7.87. The molecule has 0 radical (unpaired) electrons. The Kier molecular flexibility index (Phi) is 12.6. The van der Waals surface area contributed by atoms with Crippen LogP contribution in [0.25, 0.3) is 0 Å². The summed E-state index contributed by atoms with van der Waals surface area (Å²) in [5, 5.41) is 29.4. The van der Waals surface area contributed by atoms with E-state index in [4.69, 9.17) is 9.84 Å². The summed E-state index contributed by atoms with van der Waals surface area (Å²) in [4.78, 5) is 22.3. The van der Waals surface area contributed by atoms with E-state index < -0.39 is 18.2 Å². The summed E-state index contributed by atoms with van der Waals surface area (Å²) in [7, 11) is 0. The molecule has 166 valence electrons. The molecule has 0 amide bonds. The lowest BCUT2D eigenvalue weighted by atomic mass is 9.89. The van der Waals surface area contributed by atoms with E-state index in [-0.39, 0.29) is 36.8 Å². The Morgan fingerprint density at radius 2 is 1.93 bits per heavy atom. The van der Waals surface area contributed by atoms with Crippen molar-refractivity contribution in [2.24, 2.45) is 11.8 Å². The number of hydrogen-bond donors (Lipinski definition) is 3. The first-order valence-corrected chi connectivity index (χ1v) is 11.0. The van der Waals surface area contributed by atoms with Crippen molar-refractivity contribution in [1.82, 2.24) is 0 Å². The van der Waals surface area contributed by atoms with Crippen LogP contribution in [0.4, 0.5) is 0 Å². The van der Waals surface area contributed by atoms with Gasteiger partial charge in [0.05, 0.1) is 12.2 Å². The Hall–Kier alpha value is -1.66. The molecule has 5 atom stereocenters. The maximum Gasteiger partial charge on any atom is 0.305 e. The average Bonchev–Trinajstić information content (AvgIpc) is 2.96. The van der Waals surface area contributed by atoms with E-state index >= 15 is 0 Å². The number of aliphatic hydroxyl groups is 2. The van der Waals surface area contributed by atoms with Crippen LogP contribution in [0.1, 0.15) is 78.1 Å². The van der Waals surface area contributed by atoms with Gasteiger partial charge in [0, 0.05) is 25.2 Å². The van der Waals surface area contributed by atoms with Crippen LogP contribution in [0.5, 0.6) is 0 Å². The predicted molar refractivity (Wildman–Crippen MR) is 112 cm³/mol. The lowest BCUT2D eigenvalue weighted by molar-refractivity contribution is -0.150. The molecule has 0 aromatic rings. The van der Waals surface area contributed by atoms with E-state index in [9.17, 15) is 19.8 Å². The standard InChI is InChI=1S/C23H38O6/c1-3-5-8-11-17(24)14-15-19-18(12-9-6-7-10-13-22(26)27)20(25)16-21(19)29-23(28)4-2/h6,9,14-15,17-21,24-25H,3-5,7-8,10-13,16H2,1-2H3,(H,26,27)/b9-6-,15-14+/t17-,18+,19+,20-,21+/m0/s1. The van der Waals surface area contributed by atoms with Gasteiger partial charge in [0.1, 0.15) is 6.10 Å². The van der Waals surface area contributed by atoms with Crippen molar-refractivity contribution in [3.05, 3.63) is 24.3 Å². The average molecular weight is 411 g/mol. The molecule has 0 bridgehead atoms. The molecule has 6 nitrogen and oxygen atoms in total. The fourth-order valence-corrected chi connectivity index (χ4v) is 3.76. The molecular weight excluding hydrogens is 372 g/mol. The zero-order valence-electron chi connectivity index (χ0n) is 17.8. The van der Waals surface area contributed by atoms with E-state index in [1.165, 1.54) is 0 Å². The van der Waals surface area contributed by atoms with Gasteiger partial charge in [0.15, 0.2) is 0 Å². The van der Waals surface area contributed by atoms with Crippen LogP contribution in [0, 0.1) is 11.8 Å². The molecule has 0 unspecified atom stereocenters. The number of esters is 1. The van der Waals surface area contributed by atoms with Crippen molar-refractivity contribution in [2.45, 2.75) is 96.4 Å². The van der Waals surface area contributed by atoms with Crippen LogP contribution in [-0.2, 0) is 14.3 Å². The number of aliphatic hydroxyl groups excluding tert-OH is 2. The largest absolute Gasteiger partial charge is 0.481 e. The number of ether oxygens (including phenoxy) is 1. The Morgan fingerprint density at radius 3 is 2.59 bits per heavy atom. The molecule has 6 heteroatoms. The lowest BCUT2D eigenvalue weighted by Crippen LogP contribution is -2.24. The van der Waals surface area contributed by atoms with Gasteiger partial charge < -0.3 is 20.1 Å². The molecule has 1 saturated carbocycles. The van der Waals surface area contributed by atoms with Gasteiger partial charge in [-0.05, 0) is 31.6 Å². The van der Waals surface area contributed by atoms with Gasteiger partial charge in [-0.2, -0.15) is 0 Å². The zero-order chi connectivity index (χ0) is 21.6. The fraction of sp³-hybridized carbons (Fsp3) is 0.739. The summed E-state index contributed by atoms with van der Waals surface area (Å²) in [5.74, 6) is -1.33. The Morgan fingerprint density at radius 1 is 1.17 bits per heavy atom. The van der Waals surface area contributed by atoms with Crippen LogP contribution < -0.4 is 0 Å². The minimum atomic E-state index is -0.798. The van der Waals surface area contributed by atoms with E-state index in [1.54, 1.807) is 13.0 Å². The van der Waals surface area contributed by atoms with Crippen molar-refractivity contribution in [2.75, 3.05) is 0 Å². The van der Waals surface area contributed by atoms with Gasteiger partial charge in [-0.1, -0.05) is 57.4 Å². The van der Waals surface area contributed by atoms with Crippen LogP contribution in [0.3, 0.4) is 0 Å². The molecule has 1 aliphatic carbocycles. The number of rotatable bonds is 14. The number of unbranched alkanes of at least 4 members (excludes halogenated alkanes) is 3. The van der Waals surface area contributed by atoms with Crippen molar-refractivity contribution in [3.63, 3.8) is 0 Å². The van der Waals surface area contributed by atoms with Crippen molar-refractivity contribution in [1.29, 1.82) is 0 Å². The molecule has 0 saturated heterocycles. The quantitative estimate of drug-likeness (QED) is 0.227. The normalized spacial score (nSPS) is 25.7. The van der Waals surface area contributed by atoms with E-state index in [2.05, 4.69) is 6.92 Å². The third kappa shape index (κ3) is 10.1. The SMILES string of the molecule is CCCCC[C@H](O)/C=C/[C@@H]1[C@@H](C/C=C\CCCC(=O)O)[C@@H](O)C[C@H]1OC(=O)CC. The van der Waals surface area contributed by atoms with Crippen molar-refractivity contribution < 1.29 is 29.6 Å². The number of carboxylic acids is 1. The molecule has 0 spiro atoms. The van der Waals surface area contributed by atoms with Crippen LogP contribution >= 0.6 is 0 Å². The van der Waals surface area contributed by atoms with Gasteiger partial charge in [0.2, 0.25) is 0 Å². The number of carbonyl (C=O) groups is 2. The van der Waals surface area contributed by atoms with Crippen LogP contribution in [-0.4, -0.2) is 45.6 Å². The lowest BCUT2D eigenvalue weighted by Gasteiger charge is -2.22. The summed E-state index contributed by atoms with van der Waals surface area (Å²) in [5.41, 5.74) is 0.